The van der Waals surface area contributed by atoms with Crippen LogP contribution in [0.4, 0.5) is 0 Å². The molecule has 4 nitrogen and oxygen atoms in total. The van der Waals surface area contributed by atoms with Crippen LogP contribution in [0.3, 0.4) is 0 Å². The van der Waals surface area contributed by atoms with E-state index in [0.29, 0.717) is 12.5 Å². The molecule has 0 aromatic carbocycles. The molecule has 1 fully saturated rings. The molecule has 1 N–H and O–H groups in total. The molecule has 1 aliphatic rings. The van der Waals surface area contributed by atoms with E-state index in [1.54, 1.807) is 6.92 Å². The first kappa shape index (κ1) is 11.5. The second-order valence-corrected chi connectivity index (χ2v) is 3.71. The third-order valence-corrected chi connectivity index (χ3v) is 2.54. The second kappa shape index (κ2) is 5.98. The minimum Gasteiger partial charge on any atom is -0.381 e. The van der Waals surface area contributed by atoms with Crippen molar-refractivity contribution in [3.63, 3.8) is 0 Å². The van der Waals surface area contributed by atoms with E-state index < -0.39 is 0 Å². The van der Waals surface area contributed by atoms with Gasteiger partial charge in [0.1, 0.15) is 6.10 Å². The van der Waals surface area contributed by atoms with Crippen molar-refractivity contribution >= 4 is 5.91 Å². The van der Waals surface area contributed by atoms with E-state index in [-0.39, 0.29) is 12.0 Å². The van der Waals surface area contributed by atoms with Crippen molar-refractivity contribution in [1.29, 1.82) is 0 Å². The van der Waals surface area contributed by atoms with E-state index in [4.69, 9.17) is 9.47 Å². The minimum absolute atomic E-state index is 0.0435. The molecule has 1 saturated heterocycles. The molecule has 0 aliphatic carbocycles. The largest absolute Gasteiger partial charge is 0.381 e. The number of hydrogen-bond acceptors (Lipinski definition) is 3. The fraction of sp³-hybridized carbons (Fsp3) is 0.900. The summed E-state index contributed by atoms with van der Waals surface area (Å²) in [5.41, 5.74) is 0. The van der Waals surface area contributed by atoms with Gasteiger partial charge in [-0.2, -0.15) is 0 Å². The number of methoxy groups -OCH3 is 1. The van der Waals surface area contributed by atoms with Crippen LogP contribution in [0.15, 0.2) is 0 Å². The standard InChI is InChI=1S/C10H19NO3/c1-8(13-2)10(12)11-6-9-4-3-5-14-7-9/h8-9H,3-7H2,1-2H3,(H,11,12). The van der Waals surface area contributed by atoms with Crippen molar-refractivity contribution in [2.45, 2.75) is 25.9 Å². The molecule has 14 heavy (non-hydrogen) atoms. The molecule has 2 atom stereocenters. The lowest BCUT2D eigenvalue weighted by molar-refractivity contribution is -0.130. The van der Waals surface area contributed by atoms with Crippen molar-refractivity contribution in [3.8, 4) is 0 Å². The van der Waals surface area contributed by atoms with Crippen LogP contribution in [0.25, 0.3) is 0 Å². The second-order valence-electron chi connectivity index (χ2n) is 3.71. The highest BCUT2D eigenvalue weighted by molar-refractivity contribution is 5.80. The van der Waals surface area contributed by atoms with E-state index in [1.807, 2.05) is 0 Å². The summed E-state index contributed by atoms with van der Waals surface area (Å²) in [5.74, 6) is 0.426. The highest BCUT2D eigenvalue weighted by atomic mass is 16.5. The van der Waals surface area contributed by atoms with E-state index in [0.717, 1.165) is 26.1 Å². The maximum Gasteiger partial charge on any atom is 0.248 e. The molecule has 1 aliphatic heterocycles. The van der Waals surface area contributed by atoms with Gasteiger partial charge in [-0.1, -0.05) is 0 Å². The number of hydrogen-bond donors (Lipinski definition) is 1. The van der Waals surface area contributed by atoms with E-state index in [9.17, 15) is 4.79 Å². The molecule has 2 unspecified atom stereocenters. The molecular formula is C10H19NO3. The molecule has 0 aromatic rings. The van der Waals surface area contributed by atoms with Crippen LogP contribution in [0.1, 0.15) is 19.8 Å². The third-order valence-electron chi connectivity index (χ3n) is 2.54. The molecule has 4 heteroatoms. The zero-order chi connectivity index (χ0) is 10.4. The van der Waals surface area contributed by atoms with Crippen LogP contribution >= 0.6 is 0 Å². The number of carbonyl (C=O) groups is 1. The fourth-order valence-electron chi connectivity index (χ4n) is 1.46. The van der Waals surface area contributed by atoms with Gasteiger partial charge < -0.3 is 14.8 Å². The van der Waals surface area contributed by atoms with Crippen LogP contribution in [-0.2, 0) is 14.3 Å². The van der Waals surface area contributed by atoms with E-state index in [1.165, 1.54) is 7.11 Å². The monoisotopic (exact) mass is 201 g/mol. The summed E-state index contributed by atoms with van der Waals surface area (Å²) in [7, 11) is 1.54. The molecular weight excluding hydrogens is 182 g/mol. The summed E-state index contributed by atoms with van der Waals surface area (Å²) < 4.78 is 10.2. The van der Waals surface area contributed by atoms with Gasteiger partial charge in [0.05, 0.1) is 6.61 Å². The van der Waals surface area contributed by atoms with Crippen molar-refractivity contribution in [3.05, 3.63) is 0 Å². The highest BCUT2D eigenvalue weighted by Gasteiger charge is 2.16. The predicted molar refractivity (Wildman–Crippen MR) is 53.0 cm³/mol. The van der Waals surface area contributed by atoms with Crippen LogP contribution in [-0.4, -0.2) is 38.9 Å². The summed E-state index contributed by atoms with van der Waals surface area (Å²) in [6.07, 6.45) is 1.88. The van der Waals surface area contributed by atoms with E-state index >= 15 is 0 Å². The number of rotatable bonds is 4. The Balaban J connectivity index is 2.15. The molecule has 1 heterocycles. The molecule has 82 valence electrons. The van der Waals surface area contributed by atoms with Gasteiger partial charge in [-0.05, 0) is 25.7 Å². The first-order valence-corrected chi connectivity index (χ1v) is 5.12. The number of ether oxygens (including phenoxy) is 2. The average molecular weight is 201 g/mol. The van der Waals surface area contributed by atoms with Crippen molar-refractivity contribution in [2.75, 3.05) is 26.9 Å². The molecule has 1 rings (SSSR count). The van der Waals surface area contributed by atoms with Crippen molar-refractivity contribution in [2.24, 2.45) is 5.92 Å². The zero-order valence-electron chi connectivity index (χ0n) is 8.91. The molecule has 0 bridgehead atoms. The summed E-state index contributed by atoms with van der Waals surface area (Å²) in [6, 6.07) is 0. The Morgan fingerprint density at radius 3 is 3.07 bits per heavy atom. The molecule has 0 radical (unpaired) electrons. The maximum atomic E-state index is 11.3. The number of carbonyl (C=O) groups excluding carboxylic acids is 1. The van der Waals surface area contributed by atoms with Gasteiger partial charge in [0.2, 0.25) is 5.91 Å². The first-order chi connectivity index (χ1) is 6.74. The lowest BCUT2D eigenvalue weighted by atomic mass is 10.0. The Morgan fingerprint density at radius 2 is 2.50 bits per heavy atom. The molecule has 0 saturated carbocycles. The maximum absolute atomic E-state index is 11.3. The third kappa shape index (κ3) is 3.64. The summed E-state index contributed by atoms with van der Waals surface area (Å²) in [4.78, 5) is 11.3. The fourth-order valence-corrected chi connectivity index (χ4v) is 1.46. The van der Waals surface area contributed by atoms with Crippen LogP contribution in [0, 0.1) is 5.92 Å². The summed E-state index contributed by atoms with van der Waals surface area (Å²) in [5, 5.41) is 2.86. The highest BCUT2D eigenvalue weighted by Crippen LogP contribution is 2.12. The van der Waals surface area contributed by atoms with Gasteiger partial charge in [0, 0.05) is 20.3 Å². The number of amides is 1. The molecule has 1 amide bonds. The molecule has 0 aromatic heterocycles. The predicted octanol–water partition coefficient (Wildman–Crippen LogP) is 0.564. The van der Waals surface area contributed by atoms with E-state index in [2.05, 4.69) is 5.32 Å². The summed E-state index contributed by atoms with van der Waals surface area (Å²) in [6.45, 7) is 4.07. The van der Waals surface area contributed by atoms with Crippen LogP contribution in [0.5, 0.6) is 0 Å². The SMILES string of the molecule is COC(C)C(=O)NCC1CCCOC1. The van der Waals surface area contributed by atoms with Crippen LogP contribution < -0.4 is 5.32 Å². The summed E-state index contributed by atoms with van der Waals surface area (Å²) >= 11 is 0. The van der Waals surface area contributed by atoms with Crippen LogP contribution in [0.2, 0.25) is 0 Å². The first-order valence-electron chi connectivity index (χ1n) is 5.12. The minimum atomic E-state index is -0.362. The van der Waals surface area contributed by atoms with Gasteiger partial charge in [-0.3, -0.25) is 4.79 Å². The van der Waals surface area contributed by atoms with Gasteiger partial charge in [-0.15, -0.1) is 0 Å². The Bertz CT molecular complexity index is 178. The molecule has 0 spiro atoms. The van der Waals surface area contributed by atoms with Gasteiger partial charge >= 0.3 is 0 Å². The zero-order valence-corrected chi connectivity index (χ0v) is 8.91. The smallest absolute Gasteiger partial charge is 0.248 e. The average Bonchev–Trinajstić information content (AvgIpc) is 2.26. The van der Waals surface area contributed by atoms with Gasteiger partial charge in [0.25, 0.3) is 0 Å². The Morgan fingerprint density at radius 1 is 1.71 bits per heavy atom. The van der Waals surface area contributed by atoms with Crippen molar-refractivity contribution < 1.29 is 14.3 Å². The lowest BCUT2D eigenvalue weighted by Crippen LogP contribution is -2.38. The number of nitrogens with one attached hydrogen (secondary N) is 1. The normalized spacial score (nSPS) is 24.3. The Labute approximate surface area is 85.0 Å². The van der Waals surface area contributed by atoms with Gasteiger partial charge in [-0.25, -0.2) is 0 Å². The Hall–Kier alpha value is -0.610. The van der Waals surface area contributed by atoms with Crippen molar-refractivity contribution in [1.82, 2.24) is 5.32 Å². The quantitative estimate of drug-likeness (QED) is 0.723. The van der Waals surface area contributed by atoms with Gasteiger partial charge in [0.15, 0.2) is 0 Å². The lowest BCUT2D eigenvalue weighted by Gasteiger charge is -2.22. The Kier molecular flexibility index (Phi) is 4.90. The topological polar surface area (TPSA) is 47.6 Å².